The van der Waals surface area contributed by atoms with Gasteiger partial charge in [-0.3, -0.25) is 0 Å². The number of alkyl halides is 2. The van der Waals surface area contributed by atoms with E-state index in [0.29, 0.717) is 13.0 Å². The molecule has 0 aromatic heterocycles. The molecule has 3 rings (SSSR count). The summed E-state index contributed by atoms with van der Waals surface area (Å²) in [5.41, 5.74) is 0.0665. The Morgan fingerprint density at radius 2 is 2.00 bits per heavy atom. The van der Waals surface area contributed by atoms with E-state index in [1.54, 1.807) is 0 Å². The molecule has 0 aromatic rings. The van der Waals surface area contributed by atoms with Crippen LogP contribution in [0.5, 0.6) is 0 Å². The summed E-state index contributed by atoms with van der Waals surface area (Å²) in [6.07, 6.45) is 2.76. The van der Waals surface area contributed by atoms with Crippen LogP contribution in [-0.2, 0) is 0 Å². The molecule has 4 heteroatoms. The molecule has 0 radical (unpaired) electrons. The first kappa shape index (κ1) is 9.97. The van der Waals surface area contributed by atoms with Gasteiger partial charge in [0.05, 0.1) is 0 Å². The summed E-state index contributed by atoms with van der Waals surface area (Å²) in [6.45, 7) is 2.37. The molecule has 3 fully saturated rings. The summed E-state index contributed by atoms with van der Waals surface area (Å²) in [7, 11) is 0. The lowest BCUT2D eigenvalue weighted by Gasteiger charge is -2.28. The lowest BCUT2D eigenvalue weighted by Crippen LogP contribution is -2.37. The number of likely N-dealkylation sites (tertiary alicyclic amines) is 1. The molecular formula is C11H17F2NO. The maximum atomic E-state index is 13.1. The maximum Gasteiger partial charge on any atom is 0.255 e. The first-order valence-corrected chi connectivity index (χ1v) is 5.78. The highest BCUT2D eigenvalue weighted by molar-refractivity contribution is 5.10. The van der Waals surface area contributed by atoms with Crippen molar-refractivity contribution in [2.75, 3.05) is 26.2 Å². The number of hydrogen-bond acceptors (Lipinski definition) is 2. The van der Waals surface area contributed by atoms with E-state index in [1.165, 1.54) is 0 Å². The van der Waals surface area contributed by atoms with E-state index in [-0.39, 0.29) is 23.9 Å². The van der Waals surface area contributed by atoms with Crippen molar-refractivity contribution in [3.05, 3.63) is 0 Å². The van der Waals surface area contributed by atoms with Crippen molar-refractivity contribution < 1.29 is 13.9 Å². The minimum absolute atomic E-state index is 0.0665. The van der Waals surface area contributed by atoms with E-state index >= 15 is 0 Å². The van der Waals surface area contributed by atoms with Gasteiger partial charge in [0.2, 0.25) is 0 Å². The van der Waals surface area contributed by atoms with Crippen molar-refractivity contribution in [3.8, 4) is 0 Å². The second-order valence-electron chi connectivity index (χ2n) is 5.57. The molecule has 1 heterocycles. The summed E-state index contributed by atoms with van der Waals surface area (Å²) < 4.78 is 26.3. The highest BCUT2D eigenvalue weighted by Crippen LogP contribution is 2.59. The third kappa shape index (κ3) is 1.49. The topological polar surface area (TPSA) is 23.5 Å². The molecule has 2 unspecified atom stereocenters. The van der Waals surface area contributed by atoms with Crippen molar-refractivity contribution in [2.45, 2.75) is 25.2 Å². The summed E-state index contributed by atoms with van der Waals surface area (Å²) in [5.74, 6) is -3.11. The van der Waals surface area contributed by atoms with Gasteiger partial charge >= 0.3 is 0 Å². The molecule has 0 bridgehead atoms. The third-order valence-electron chi connectivity index (χ3n) is 4.43. The average Bonchev–Trinajstić information content (AvgIpc) is 3.08. The number of halogens is 2. The van der Waals surface area contributed by atoms with Gasteiger partial charge in [0.15, 0.2) is 0 Å². The number of piperidine rings is 1. The van der Waals surface area contributed by atoms with E-state index in [0.717, 1.165) is 25.9 Å². The van der Waals surface area contributed by atoms with Crippen LogP contribution in [-0.4, -0.2) is 42.2 Å². The van der Waals surface area contributed by atoms with Gasteiger partial charge < -0.3 is 10.0 Å². The highest BCUT2D eigenvalue weighted by atomic mass is 19.3. The Kier molecular flexibility index (Phi) is 1.94. The fourth-order valence-corrected chi connectivity index (χ4v) is 2.96. The van der Waals surface area contributed by atoms with Crippen molar-refractivity contribution >= 4 is 0 Å². The van der Waals surface area contributed by atoms with Crippen LogP contribution in [0.25, 0.3) is 0 Å². The van der Waals surface area contributed by atoms with Crippen LogP contribution >= 0.6 is 0 Å². The minimum atomic E-state index is -2.38. The van der Waals surface area contributed by atoms with E-state index < -0.39 is 5.92 Å². The first-order valence-electron chi connectivity index (χ1n) is 5.78. The predicted octanol–water partition coefficient (Wildman–Crippen LogP) is 1.35. The van der Waals surface area contributed by atoms with E-state index in [1.807, 2.05) is 0 Å². The average molecular weight is 217 g/mol. The van der Waals surface area contributed by atoms with Gasteiger partial charge in [0, 0.05) is 36.9 Å². The molecule has 2 aliphatic carbocycles. The van der Waals surface area contributed by atoms with E-state index in [4.69, 9.17) is 0 Å². The van der Waals surface area contributed by atoms with Crippen molar-refractivity contribution in [1.82, 2.24) is 4.90 Å². The second kappa shape index (κ2) is 2.92. The molecule has 15 heavy (non-hydrogen) atoms. The zero-order chi connectivity index (χ0) is 10.7. The summed E-state index contributed by atoms with van der Waals surface area (Å²) in [5, 5.41) is 9.19. The van der Waals surface area contributed by atoms with Gasteiger partial charge in [-0.05, 0) is 25.8 Å². The number of rotatable bonds is 3. The molecule has 0 spiro atoms. The lowest BCUT2D eigenvalue weighted by atomic mass is 10.1. The lowest BCUT2D eigenvalue weighted by molar-refractivity contribution is 0.0824. The largest absolute Gasteiger partial charge is 0.396 e. The van der Waals surface area contributed by atoms with E-state index in [2.05, 4.69) is 4.90 Å². The molecule has 2 atom stereocenters. The molecule has 1 N–H and O–H groups in total. The van der Waals surface area contributed by atoms with Gasteiger partial charge in [0.1, 0.15) is 0 Å². The second-order valence-corrected chi connectivity index (χ2v) is 5.57. The summed E-state index contributed by atoms with van der Waals surface area (Å²) >= 11 is 0. The smallest absolute Gasteiger partial charge is 0.255 e. The van der Waals surface area contributed by atoms with Crippen molar-refractivity contribution in [2.24, 2.45) is 17.3 Å². The Hall–Kier alpha value is -0.220. The molecule has 0 amide bonds. The SMILES string of the molecule is OCC1(CN2CCC3C(C2)C3(F)F)CC1. The molecule has 2 saturated carbocycles. The number of nitrogens with zero attached hydrogens (tertiary/aromatic N) is 1. The van der Waals surface area contributed by atoms with Crippen molar-refractivity contribution in [1.29, 1.82) is 0 Å². The number of aliphatic hydroxyl groups is 1. The van der Waals surface area contributed by atoms with Crippen LogP contribution in [0.1, 0.15) is 19.3 Å². The van der Waals surface area contributed by atoms with Crippen LogP contribution < -0.4 is 0 Å². The molecule has 2 nitrogen and oxygen atoms in total. The highest BCUT2D eigenvalue weighted by Gasteiger charge is 2.69. The Morgan fingerprint density at radius 3 is 2.53 bits per heavy atom. The zero-order valence-corrected chi connectivity index (χ0v) is 8.75. The Balaban J connectivity index is 1.57. The summed E-state index contributed by atoms with van der Waals surface area (Å²) in [4.78, 5) is 2.13. The monoisotopic (exact) mass is 217 g/mol. The maximum absolute atomic E-state index is 13.1. The number of fused-ring (bicyclic) bond motifs is 1. The minimum Gasteiger partial charge on any atom is -0.396 e. The first-order chi connectivity index (χ1) is 7.07. The molecule has 3 aliphatic rings. The van der Waals surface area contributed by atoms with Crippen LogP contribution in [0.3, 0.4) is 0 Å². The zero-order valence-electron chi connectivity index (χ0n) is 8.75. The van der Waals surface area contributed by atoms with Crippen molar-refractivity contribution in [3.63, 3.8) is 0 Å². The Labute approximate surface area is 88.3 Å². The molecule has 86 valence electrons. The third-order valence-corrected chi connectivity index (χ3v) is 4.43. The van der Waals surface area contributed by atoms with Crippen LogP contribution in [0.2, 0.25) is 0 Å². The quantitative estimate of drug-likeness (QED) is 0.771. The molecule has 1 saturated heterocycles. The van der Waals surface area contributed by atoms with Gasteiger partial charge in [-0.15, -0.1) is 0 Å². The molecular weight excluding hydrogens is 200 g/mol. The fraction of sp³-hybridized carbons (Fsp3) is 1.00. The van der Waals surface area contributed by atoms with Gasteiger partial charge in [-0.25, -0.2) is 8.78 Å². The van der Waals surface area contributed by atoms with Gasteiger partial charge in [0.25, 0.3) is 5.92 Å². The number of hydrogen-bond donors (Lipinski definition) is 1. The molecule has 1 aliphatic heterocycles. The van der Waals surface area contributed by atoms with Crippen LogP contribution in [0.15, 0.2) is 0 Å². The van der Waals surface area contributed by atoms with Gasteiger partial charge in [-0.2, -0.15) is 0 Å². The van der Waals surface area contributed by atoms with Gasteiger partial charge in [-0.1, -0.05) is 0 Å². The van der Waals surface area contributed by atoms with Crippen LogP contribution in [0.4, 0.5) is 8.78 Å². The predicted molar refractivity (Wildman–Crippen MR) is 51.7 cm³/mol. The summed E-state index contributed by atoms with van der Waals surface area (Å²) in [6, 6.07) is 0. The Bertz CT molecular complexity index is 278. The fourth-order valence-electron chi connectivity index (χ4n) is 2.96. The van der Waals surface area contributed by atoms with Crippen LogP contribution in [0, 0.1) is 17.3 Å². The standard InChI is InChI=1S/C11H17F2NO/c12-11(13)8-1-4-14(5-9(8)11)6-10(7-15)2-3-10/h8-9,15H,1-7H2. The normalized spacial score (nSPS) is 41.0. The molecule has 0 aromatic carbocycles. The number of aliphatic hydroxyl groups excluding tert-OH is 1. The Morgan fingerprint density at radius 1 is 1.27 bits per heavy atom. The van der Waals surface area contributed by atoms with E-state index in [9.17, 15) is 13.9 Å².